The number of rotatable bonds is 3. The first-order valence-corrected chi connectivity index (χ1v) is 7.41. The Hall–Kier alpha value is -1.50. The van der Waals surface area contributed by atoms with Gasteiger partial charge in [0.25, 0.3) is 0 Å². The highest BCUT2D eigenvalue weighted by Crippen LogP contribution is 2.43. The molecule has 0 aliphatic heterocycles. The fourth-order valence-electron chi connectivity index (χ4n) is 2.08. The summed E-state index contributed by atoms with van der Waals surface area (Å²) in [6, 6.07) is 1.57. The third-order valence-corrected chi connectivity index (χ3v) is 4.10. The number of carbonyl (C=O) groups excluding carboxylic acids is 1. The third-order valence-electron chi connectivity index (χ3n) is 3.24. The van der Waals surface area contributed by atoms with E-state index in [-0.39, 0.29) is 11.1 Å². The van der Waals surface area contributed by atoms with E-state index in [1.54, 1.807) is 6.07 Å². The normalized spacial score (nSPS) is 17.9. The van der Waals surface area contributed by atoms with E-state index in [0.717, 1.165) is 12.7 Å². The third kappa shape index (κ3) is 1.98. The first-order valence-electron chi connectivity index (χ1n) is 5.52. The van der Waals surface area contributed by atoms with Gasteiger partial charge in [-0.05, 0) is 18.9 Å². The molecule has 1 aliphatic rings. The van der Waals surface area contributed by atoms with Crippen LogP contribution in [0.15, 0.2) is 17.4 Å². The zero-order valence-corrected chi connectivity index (χ0v) is 11.0. The van der Waals surface area contributed by atoms with Crippen molar-refractivity contribution in [2.75, 3.05) is 13.4 Å². The Bertz CT molecular complexity index is 578. The van der Waals surface area contributed by atoms with Crippen LogP contribution < -0.4 is 0 Å². The van der Waals surface area contributed by atoms with Crippen molar-refractivity contribution in [1.29, 1.82) is 0 Å². The van der Waals surface area contributed by atoms with Gasteiger partial charge < -0.3 is 4.74 Å². The van der Waals surface area contributed by atoms with Crippen LogP contribution in [0.5, 0.6) is 0 Å². The van der Waals surface area contributed by atoms with Crippen molar-refractivity contribution in [1.82, 2.24) is 9.97 Å². The van der Waals surface area contributed by atoms with Gasteiger partial charge in [-0.25, -0.2) is 18.4 Å². The summed E-state index contributed by atoms with van der Waals surface area (Å²) in [4.78, 5) is 19.6. The van der Waals surface area contributed by atoms with Crippen molar-refractivity contribution in [3.63, 3.8) is 0 Å². The number of hydrogen-bond donors (Lipinski definition) is 0. The average molecular weight is 270 g/mol. The number of ether oxygens (including phenoxy) is 1. The molecule has 1 heterocycles. The van der Waals surface area contributed by atoms with E-state index in [9.17, 15) is 13.2 Å². The highest BCUT2D eigenvalue weighted by Gasteiger charge is 2.48. The van der Waals surface area contributed by atoms with Gasteiger partial charge in [0.2, 0.25) is 15.0 Å². The molecule has 0 spiro atoms. The summed E-state index contributed by atoms with van der Waals surface area (Å²) < 4.78 is 27.6. The zero-order chi connectivity index (χ0) is 13.4. The second-order valence-electron chi connectivity index (χ2n) is 4.42. The summed E-state index contributed by atoms with van der Waals surface area (Å²) in [5.41, 5.74) is -0.368. The topological polar surface area (TPSA) is 86.2 Å². The Morgan fingerprint density at radius 1 is 1.44 bits per heavy atom. The van der Waals surface area contributed by atoms with Crippen LogP contribution in [-0.2, 0) is 24.8 Å². The number of aromatic nitrogens is 2. The molecule has 0 aromatic carbocycles. The highest BCUT2D eigenvalue weighted by molar-refractivity contribution is 7.90. The molecule has 7 heteroatoms. The molecule has 0 atom stereocenters. The Labute approximate surface area is 105 Å². The molecule has 2 rings (SSSR count). The molecule has 1 aliphatic carbocycles. The molecule has 0 unspecified atom stereocenters. The van der Waals surface area contributed by atoms with Crippen LogP contribution in [0.3, 0.4) is 0 Å². The number of methoxy groups -OCH3 is 1. The molecule has 1 saturated carbocycles. The van der Waals surface area contributed by atoms with Crippen molar-refractivity contribution < 1.29 is 17.9 Å². The number of sulfone groups is 1. The lowest BCUT2D eigenvalue weighted by Gasteiger charge is -2.38. The fraction of sp³-hybridized carbons (Fsp3) is 0.545. The molecular formula is C11H14N2O4S. The first kappa shape index (κ1) is 12.9. The summed E-state index contributed by atoms with van der Waals surface area (Å²) in [5.74, 6) is -0.369. The van der Waals surface area contributed by atoms with E-state index < -0.39 is 15.3 Å². The standard InChI is InChI=1S/C11H14N2O4S/c1-17-9(14)11(5-3-6-11)8-4-7-12-10(13-8)18(2,15)16/h4,7H,3,5-6H2,1-2H3. The van der Waals surface area contributed by atoms with Gasteiger partial charge in [-0.3, -0.25) is 4.79 Å². The molecule has 0 saturated heterocycles. The molecule has 6 nitrogen and oxygen atoms in total. The van der Waals surface area contributed by atoms with Crippen molar-refractivity contribution in [2.24, 2.45) is 0 Å². The highest BCUT2D eigenvalue weighted by atomic mass is 32.2. The van der Waals surface area contributed by atoms with Crippen LogP contribution in [0.25, 0.3) is 0 Å². The predicted octanol–water partition coefficient (Wildman–Crippen LogP) is 0.475. The maximum Gasteiger partial charge on any atom is 0.317 e. The number of nitrogens with zero attached hydrogens (tertiary/aromatic N) is 2. The molecule has 0 radical (unpaired) electrons. The maximum atomic E-state index is 11.8. The van der Waals surface area contributed by atoms with Gasteiger partial charge in [0.15, 0.2) is 0 Å². The van der Waals surface area contributed by atoms with Gasteiger partial charge in [0.05, 0.1) is 12.8 Å². The molecule has 1 aromatic rings. The van der Waals surface area contributed by atoms with Gasteiger partial charge in [-0.15, -0.1) is 0 Å². The number of esters is 1. The minimum atomic E-state index is -3.48. The summed E-state index contributed by atoms with van der Waals surface area (Å²) in [5, 5.41) is -0.254. The maximum absolute atomic E-state index is 11.8. The quantitative estimate of drug-likeness (QED) is 0.586. The van der Waals surface area contributed by atoms with Gasteiger partial charge in [0.1, 0.15) is 5.41 Å². The van der Waals surface area contributed by atoms with Crippen molar-refractivity contribution in [3.8, 4) is 0 Å². The molecule has 18 heavy (non-hydrogen) atoms. The number of carbonyl (C=O) groups is 1. The van der Waals surface area contributed by atoms with Crippen LogP contribution in [0.2, 0.25) is 0 Å². The molecule has 0 bridgehead atoms. The van der Waals surface area contributed by atoms with Crippen LogP contribution in [-0.4, -0.2) is 37.7 Å². The predicted molar refractivity (Wildman–Crippen MR) is 62.7 cm³/mol. The Morgan fingerprint density at radius 3 is 2.56 bits per heavy atom. The molecule has 0 amide bonds. The monoisotopic (exact) mass is 270 g/mol. The van der Waals surface area contributed by atoms with E-state index in [2.05, 4.69) is 9.97 Å². The van der Waals surface area contributed by atoms with Crippen LogP contribution in [0.4, 0.5) is 0 Å². The van der Waals surface area contributed by atoms with Gasteiger partial charge in [-0.2, -0.15) is 0 Å². The summed E-state index contributed by atoms with van der Waals surface area (Å²) >= 11 is 0. The SMILES string of the molecule is COC(=O)C1(c2ccnc(S(C)(=O)=O)n2)CCC1. The van der Waals surface area contributed by atoms with Gasteiger partial charge in [-0.1, -0.05) is 6.42 Å². The van der Waals surface area contributed by atoms with Crippen molar-refractivity contribution >= 4 is 15.8 Å². The lowest BCUT2D eigenvalue weighted by atomic mass is 9.66. The largest absolute Gasteiger partial charge is 0.468 e. The molecule has 1 fully saturated rings. The molecule has 0 N–H and O–H groups in total. The van der Waals surface area contributed by atoms with E-state index in [4.69, 9.17) is 4.74 Å². The van der Waals surface area contributed by atoms with E-state index in [1.807, 2.05) is 0 Å². The van der Waals surface area contributed by atoms with Gasteiger partial charge in [0, 0.05) is 12.5 Å². The van der Waals surface area contributed by atoms with Crippen molar-refractivity contribution in [2.45, 2.75) is 29.8 Å². The summed E-state index contributed by atoms with van der Waals surface area (Å²) in [6.07, 6.45) is 4.55. The van der Waals surface area contributed by atoms with Gasteiger partial charge >= 0.3 is 5.97 Å². The average Bonchev–Trinajstić information content (AvgIpc) is 2.26. The van der Waals surface area contributed by atoms with Crippen LogP contribution in [0, 0.1) is 0 Å². The second-order valence-corrected chi connectivity index (χ2v) is 6.33. The Morgan fingerprint density at radius 2 is 2.11 bits per heavy atom. The van der Waals surface area contributed by atoms with Crippen LogP contribution in [0.1, 0.15) is 25.0 Å². The summed E-state index contributed by atoms with van der Waals surface area (Å²) in [7, 11) is -2.16. The molecular weight excluding hydrogens is 256 g/mol. The van der Waals surface area contributed by atoms with E-state index in [1.165, 1.54) is 13.3 Å². The zero-order valence-electron chi connectivity index (χ0n) is 10.2. The van der Waals surface area contributed by atoms with Crippen LogP contribution >= 0.6 is 0 Å². The minimum absolute atomic E-state index is 0.254. The molecule has 98 valence electrons. The Balaban J connectivity index is 2.48. The van der Waals surface area contributed by atoms with E-state index in [0.29, 0.717) is 18.5 Å². The second kappa shape index (κ2) is 4.31. The minimum Gasteiger partial charge on any atom is -0.468 e. The number of hydrogen-bond acceptors (Lipinski definition) is 6. The first-order chi connectivity index (χ1) is 8.40. The molecule has 1 aromatic heterocycles. The summed E-state index contributed by atoms with van der Waals surface area (Å²) in [6.45, 7) is 0. The van der Waals surface area contributed by atoms with Crippen molar-refractivity contribution in [3.05, 3.63) is 18.0 Å². The smallest absolute Gasteiger partial charge is 0.317 e. The lowest BCUT2D eigenvalue weighted by molar-refractivity contribution is -0.151. The van der Waals surface area contributed by atoms with E-state index >= 15 is 0 Å². The Kier molecular flexibility index (Phi) is 3.10. The fourth-order valence-corrected chi connectivity index (χ4v) is 2.59. The lowest BCUT2D eigenvalue weighted by Crippen LogP contribution is -2.44.